The Hall–Kier alpha value is -3.39. The van der Waals surface area contributed by atoms with Crippen molar-refractivity contribution in [3.63, 3.8) is 0 Å². The van der Waals surface area contributed by atoms with E-state index in [1.807, 2.05) is 47.6 Å². The van der Waals surface area contributed by atoms with E-state index in [0.29, 0.717) is 50.5 Å². The van der Waals surface area contributed by atoms with Gasteiger partial charge in [0.1, 0.15) is 5.75 Å². The molecule has 1 atom stereocenters. The number of nitrogens with zero attached hydrogens (tertiary/aromatic N) is 2. The predicted molar refractivity (Wildman–Crippen MR) is 152 cm³/mol. The van der Waals surface area contributed by atoms with Gasteiger partial charge in [0, 0.05) is 17.2 Å². The molecule has 1 amide bonds. The molecule has 2 aliphatic rings. The molecule has 1 fully saturated rings. The number of anilines is 1. The second-order valence-corrected chi connectivity index (χ2v) is 10.3. The number of esters is 1. The molecule has 2 aromatic carbocycles. The summed E-state index contributed by atoms with van der Waals surface area (Å²) in [6, 6.07) is 13.1. The lowest BCUT2D eigenvalue weighted by molar-refractivity contribution is -0.145. The van der Waals surface area contributed by atoms with E-state index in [0.717, 1.165) is 42.8 Å². The predicted octanol–water partition coefficient (Wildman–Crippen LogP) is 5.45. The van der Waals surface area contributed by atoms with Gasteiger partial charge in [-0.2, -0.15) is 5.10 Å². The monoisotopic (exact) mass is 535 g/mol. The lowest BCUT2D eigenvalue weighted by Crippen LogP contribution is -2.32. The van der Waals surface area contributed by atoms with Crippen LogP contribution in [0.25, 0.3) is 0 Å². The van der Waals surface area contributed by atoms with Gasteiger partial charge in [0.2, 0.25) is 0 Å². The van der Waals surface area contributed by atoms with Crippen molar-refractivity contribution in [3.8, 4) is 5.75 Å². The fraction of sp³-hybridized carbons (Fsp3) is 0.516. The van der Waals surface area contributed by atoms with Crippen molar-refractivity contribution in [2.45, 2.75) is 58.3 Å². The number of amides is 1. The number of unbranched alkanes of at least 4 members (excludes halogenated alkanes) is 5. The SMILES string of the molecule is CCCCCCCCOC(=O)CC1COc2ccc(C(=O)Nc3ccc(/C=N/N4CCOCC4)cc3)cc2C1. The van der Waals surface area contributed by atoms with E-state index in [1.54, 1.807) is 6.07 Å². The summed E-state index contributed by atoms with van der Waals surface area (Å²) in [6.45, 7) is 6.15. The van der Waals surface area contributed by atoms with Crippen molar-refractivity contribution in [1.29, 1.82) is 0 Å². The molecule has 0 spiro atoms. The van der Waals surface area contributed by atoms with Crippen LogP contribution in [0.15, 0.2) is 47.6 Å². The molecule has 8 nitrogen and oxygen atoms in total. The number of carbonyl (C=O) groups excluding carboxylic acids is 2. The number of benzene rings is 2. The first-order chi connectivity index (χ1) is 19.1. The second kappa shape index (κ2) is 15.3. The highest BCUT2D eigenvalue weighted by Gasteiger charge is 2.24. The molecule has 0 aromatic heterocycles. The van der Waals surface area contributed by atoms with Crippen LogP contribution in [0.3, 0.4) is 0 Å². The lowest BCUT2D eigenvalue weighted by Gasteiger charge is -2.25. The Morgan fingerprint density at radius 2 is 1.82 bits per heavy atom. The molecule has 39 heavy (non-hydrogen) atoms. The van der Waals surface area contributed by atoms with Crippen LogP contribution in [0.1, 0.15) is 73.4 Å². The van der Waals surface area contributed by atoms with Crippen molar-refractivity contribution in [1.82, 2.24) is 5.01 Å². The van der Waals surface area contributed by atoms with Crippen LogP contribution in [0.2, 0.25) is 0 Å². The number of fused-ring (bicyclic) bond motifs is 1. The van der Waals surface area contributed by atoms with Crippen LogP contribution in [0.4, 0.5) is 5.69 Å². The minimum absolute atomic E-state index is 0.0412. The Bertz CT molecular complexity index is 1100. The fourth-order valence-corrected chi connectivity index (χ4v) is 4.77. The van der Waals surface area contributed by atoms with E-state index in [1.165, 1.54) is 25.7 Å². The van der Waals surface area contributed by atoms with Crippen LogP contribution >= 0.6 is 0 Å². The topological polar surface area (TPSA) is 89.5 Å². The average molecular weight is 536 g/mol. The van der Waals surface area contributed by atoms with Crippen molar-refractivity contribution in [3.05, 3.63) is 59.2 Å². The van der Waals surface area contributed by atoms with E-state index in [4.69, 9.17) is 14.2 Å². The normalized spacial score (nSPS) is 16.9. The Balaban J connectivity index is 1.23. The van der Waals surface area contributed by atoms with Gasteiger partial charge < -0.3 is 19.5 Å². The first-order valence-electron chi connectivity index (χ1n) is 14.3. The number of hydrogen-bond donors (Lipinski definition) is 1. The molecule has 8 heteroatoms. The number of nitrogens with one attached hydrogen (secondary N) is 1. The highest BCUT2D eigenvalue weighted by molar-refractivity contribution is 6.04. The highest BCUT2D eigenvalue weighted by atomic mass is 16.5. The van der Waals surface area contributed by atoms with Gasteiger partial charge in [0.05, 0.1) is 52.2 Å². The Kier molecular flexibility index (Phi) is 11.2. The third-order valence-corrected chi connectivity index (χ3v) is 7.05. The van der Waals surface area contributed by atoms with Gasteiger partial charge >= 0.3 is 5.97 Å². The van der Waals surface area contributed by atoms with E-state index < -0.39 is 0 Å². The summed E-state index contributed by atoms with van der Waals surface area (Å²) in [4.78, 5) is 25.3. The van der Waals surface area contributed by atoms with Gasteiger partial charge in [-0.3, -0.25) is 14.6 Å². The Morgan fingerprint density at radius 1 is 1.05 bits per heavy atom. The summed E-state index contributed by atoms with van der Waals surface area (Å²) in [6.07, 6.45) is 9.80. The van der Waals surface area contributed by atoms with Crippen molar-refractivity contribution in [2.24, 2.45) is 11.0 Å². The number of hydrazone groups is 1. The van der Waals surface area contributed by atoms with Gasteiger partial charge in [-0.05, 0) is 54.3 Å². The first kappa shape index (κ1) is 28.6. The van der Waals surface area contributed by atoms with Gasteiger partial charge in [0.15, 0.2) is 0 Å². The molecule has 0 aliphatic carbocycles. The maximum absolute atomic E-state index is 12.9. The molecule has 4 rings (SSSR count). The highest BCUT2D eigenvalue weighted by Crippen LogP contribution is 2.30. The Morgan fingerprint density at radius 3 is 2.62 bits per heavy atom. The molecule has 0 bridgehead atoms. The minimum atomic E-state index is -0.187. The summed E-state index contributed by atoms with van der Waals surface area (Å²) in [5, 5.41) is 9.44. The van der Waals surface area contributed by atoms with Crippen molar-refractivity contribution in [2.75, 3.05) is 44.8 Å². The molecule has 1 saturated heterocycles. The first-order valence-corrected chi connectivity index (χ1v) is 14.3. The number of ether oxygens (including phenoxy) is 3. The largest absolute Gasteiger partial charge is 0.493 e. The van der Waals surface area contributed by atoms with Crippen LogP contribution in [0.5, 0.6) is 5.75 Å². The standard InChI is InChI=1S/C31H41N3O5/c1-2-3-4-5-6-7-16-38-30(35)20-25-19-27-21-26(10-13-29(27)39-23-25)31(36)33-28-11-8-24(9-12-28)22-32-34-14-17-37-18-15-34/h8-13,21-22,25H,2-7,14-20,23H2,1H3,(H,33,36)/b32-22+. The van der Waals surface area contributed by atoms with Crippen LogP contribution in [-0.4, -0.2) is 62.6 Å². The van der Waals surface area contributed by atoms with Gasteiger partial charge in [-0.15, -0.1) is 0 Å². The zero-order valence-electron chi connectivity index (χ0n) is 23.0. The Labute approximate surface area is 231 Å². The summed E-state index contributed by atoms with van der Waals surface area (Å²) < 4.78 is 16.7. The quantitative estimate of drug-likeness (QED) is 0.208. The van der Waals surface area contributed by atoms with Crippen molar-refractivity contribution < 1.29 is 23.8 Å². The van der Waals surface area contributed by atoms with E-state index in [2.05, 4.69) is 17.3 Å². The zero-order valence-corrected chi connectivity index (χ0v) is 23.0. The van der Waals surface area contributed by atoms with E-state index in [-0.39, 0.29) is 17.8 Å². The summed E-state index contributed by atoms with van der Waals surface area (Å²) in [5.74, 6) is 0.452. The van der Waals surface area contributed by atoms with Crippen LogP contribution in [-0.2, 0) is 20.7 Å². The number of carbonyl (C=O) groups is 2. The zero-order chi connectivity index (χ0) is 27.3. The molecule has 0 radical (unpaired) electrons. The van der Waals surface area contributed by atoms with Crippen LogP contribution in [0, 0.1) is 5.92 Å². The van der Waals surface area contributed by atoms with Crippen molar-refractivity contribution >= 4 is 23.8 Å². The third kappa shape index (κ3) is 9.39. The van der Waals surface area contributed by atoms with E-state index >= 15 is 0 Å². The maximum atomic E-state index is 12.9. The minimum Gasteiger partial charge on any atom is -0.493 e. The molecule has 0 saturated carbocycles. The van der Waals surface area contributed by atoms with Gasteiger partial charge in [-0.25, -0.2) is 0 Å². The number of hydrogen-bond acceptors (Lipinski definition) is 7. The maximum Gasteiger partial charge on any atom is 0.306 e. The van der Waals surface area contributed by atoms with Gasteiger partial charge in [0.25, 0.3) is 5.91 Å². The molecule has 2 aromatic rings. The molecular weight excluding hydrogens is 494 g/mol. The average Bonchev–Trinajstić information content (AvgIpc) is 2.96. The number of rotatable bonds is 13. The second-order valence-electron chi connectivity index (χ2n) is 10.3. The molecule has 1 N–H and O–H groups in total. The fourth-order valence-electron chi connectivity index (χ4n) is 4.77. The molecule has 210 valence electrons. The third-order valence-electron chi connectivity index (χ3n) is 7.05. The smallest absolute Gasteiger partial charge is 0.306 e. The molecular formula is C31H41N3O5. The summed E-state index contributed by atoms with van der Waals surface area (Å²) >= 11 is 0. The van der Waals surface area contributed by atoms with Gasteiger partial charge in [-0.1, -0.05) is 51.2 Å². The number of morpholine rings is 1. The summed E-state index contributed by atoms with van der Waals surface area (Å²) in [5.41, 5.74) is 3.17. The summed E-state index contributed by atoms with van der Waals surface area (Å²) in [7, 11) is 0. The molecule has 1 unspecified atom stereocenters. The lowest BCUT2D eigenvalue weighted by atomic mass is 9.93. The van der Waals surface area contributed by atoms with Crippen LogP contribution < -0.4 is 10.1 Å². The molecule has 2 aliphatic heterocycles. The molecule has 2 heterocycles. The van der Waals surface area contributed by atoms with E-state index in [9.17, 15) is 9.59 Å².